The number of benzene rings is 1. The highest BCUT2D eigenvalue weighted by Crippen LogP contribution is 2.08. The summed E-state index contributed by atoms with van der Waals surface area (Å²) in [5.41, 5.74) is 0.812. The van der Waals surface area contributed by atoms with E-state index in [0.29, 0.717) is 6.54 Å². The van der Waals surface area contributed by atoms with E-state index in [1.54, 1.807) is 34.7 Å². The lowest BCUT2D eigenvalue weighted by molar-refractivity contribution is 0.262. The third-order valence-electron chi connectivity index (χ3n) is 1.68. The Hall–Kier alpha value is -0.670. The van der Waals surface area contributed by atoms with Crippen molar-refractivity contribution in [3.8, 4) is 0 Å². The normalized spacial score (nSPS) is 11.1. The van der Waals surface area contributed by atoms with Crippen molar-refractivity contribution in [2.45, 2.75) is 11.4 Å². The predicted molar refractivity (Wildman–Crippen MR) is 64.1 cm³/mol. The number of carbonyl (C=O) groups excluding carboxylic acids is 1. The SMILES string of the molecule is NS(=O)(=O)c1ccc(CNC(=O)I)cc1. The summed E-state index contributed by atoms with van der Waals surface area (Å²) in [4.78, 5) is 10.7. The van der Waals surface area contributed by atoms with Crippen molar-refractivity contribution in [2.75, 3.05) is 0 Å². The number of hydrogen-bond acceptors (Lipinski definition) is 3. The number of halogens is 1. The lowest BCUT2D eigenvalue weighted by Gasteiger charge is -2.02. The monoisotopic (exact) mass is 340 g/mol. The second-order valence-corrected chi connectivity index (χ2v) is 5.36. The molecule has 0 spiro atoms. The van der Waals surface area contributed by atoms with Gasteiger partial charge in [-0.25, -0.2) is 13.6 Å². The molecule has 0 saturated heterocycles. The molecule has 0 aliphatic carbocycles. The average molecular weight is 340 g/mol. The summed E-state index contributed by atoms with van der Waals surface area (Å²) in [6.45, 7) is 0.368. The molecule has 0 heterocycles. The molecule has 1 aromatic carbocycles. The zero-order chi connectivity index (χ0) is 11.5. The summed E-state index contributed by atoms with van der Waals surface area (Å²) < 4.78 is 21.7. The minimum Gasteiger partial charge on any atom is -0.343 e. The quantitative estimate of drug-likeness (QED) is 0.488. The van der Waals surface area contributed by atoms with Crippen molar-refractivity contribution >= 4 is 36.5 Å². The highest BCUT2D eigenvalue weighted by molar-refractivity contribution is 14.1. The number of nitrogens with one attached hydrogen (secondary N) is 1. The van der Waals surface area contributed by atoms with E-state index in [2.05, 4.69) is 5.32 Å². The molecule has 0 aromatic heterocycles. The maximum Gasteiger partial charge on any atom is 0.280 e. The Kier molecular flexibility index (Phi) is 4.05. The van der Waals surface area contributed by atoms with Crippen molar-refractivity contribution in [1.82, 2.24) is 5.32 Å². The molecule has 1 aromatic rings. The van der Waals surface area contributed by atoms with E-state index < -0.39 is 10.0 Å². The largest absolute Gasteiger partial charge is 0.343 e. The van der Waals surface area contributed by atoms with Gasteiger partial charge in [-0.2, -0.15) is 0 Å². The Balaban J connectivity index is 2.77. The van der Waals surface area contributed by atoms with Crippen molar-refractivity contribution in [2.24, 2.45) is 5.14 Å². The van der Waals surface area contributed by atoms with E-state index in [4.69, 9.17) is 5.14 Å². The van der Waals surface area contributed by atoms with Gasteiger partial charge in [0.2, 0.25) is 10.0 Å². The number of nitrogens with two attached hydrogens (primary N) is 1. The van der Waals surface area contributed by atoms with Crippen LogP contribution >= 0.6 is 22.6 Å². The molecule has 7 heteroatoms. The smallest absolute Gasteiger partial charge is 0.280 e. The topological polar surface area (TPSA) is 89.3 Å². The standard InChI is InChI=1S/C8H9IN2O3S/c9-8(12)11-5-6-1-3-7(4-2-6)15(10,13)14/h1-4H,5H2,(H,11,12)(H2,10,13,14). The van der Waals surface area contributed by atoms with E-state index in [9.17, 15) is 13.2 Å². The molecule has 0 unspecified atom stereocenters. The highest BCUT2D eigenvalue weighted by atomic mass is 127. The third kappa shape index (κ3) is 4.14. The first-order valence-corrected chi connectivity index (χ1v) is 6.57. The minimum atomic E-state index is -3.64. The second-order valence-electron chi connectivity index (χ2n) is 2.82. The van der Waals surface area contributed by atoms with Gasteiger partial charge in [-0.1, -0.05) is 12.1 Å². The summed E-state index contributed by atoms with van der Waals surface area (Å²) in [6.07, 6.45) is 0. The van der Waals surface area contributed by atoms with Gasteiger partial charge in [-0.05, 0) is 17.7 Å². The van der Waals surface area contributed by atoms with Gasteiger partial charge in [0, 0.05) is 29.1 Å². The fourth-order valence-electron chi connectivity index (χ4n) is 0.969. The summed E-state index contributed by atoms with van der Waals surface area (Å²) in [7, 11) is -3.64. The van der Waals surface area contributed by atoms with Gasteiger partial charge < -0.3 is 5.32 Å². The van der Waals surface area contributed by atoms with E-state index >= 15 is 0 Å². The zero-order valence-electron chi connectivity index (χ0n) is 7.60. The molecule has 5 nitrogen and oxygen atoms in total. The molecule has 0 bridgehead atoms. The Bertz CT molecular complexity index is 455. The maximum absolute atomic E-state index is 10.9. The minimum absolute atomic E-state index is 0.0621. The van der Waals surface area contributed by atoms with Crippen molar-refractivity contribution in [1.29, 1.82) is 0 Å². The second kappa shape index (κ2) is 4.90. The molecule has 82 valence electrons. The fourth-order valence-corrected chi connectivity index (χ4v) is 1.67. The summed E-state index contributed by atoms with van der Waals surface area (Å²) >= 11 is 1.62. The molecule has 0 fully saturated rings. The maximum atomic E-state index is 10.9. The van der Waals surface area contributed by atoms with Crippen molar-refractivity contribution < 1.29 is 13.2 Å². The Labute approximate surface area is 101 Å². The van der Waals surface area contributed by atoms with Crippen LogP contribution in [-0.4, -0.2) is 12.3 Å². The molecule has 0 aliphatic heterocycles. The first-order chi connectivity index (χ1) is 6.89. The van der Waals surface area contributed by atoms with Crippen LogP contribution in [0, 0.1) is 0 Å². The summed E-state index contributed by atoms with van der Waals surface area (Å²) in [5.74, 6) is 0. The molecule has 15 heavy (non-hydrogen) atoms. The number of sulfonamides is 1. The molecule has 0 radical (unpaired) electrons. The van der Waals surface area contributed by atoms with Crippen LogP contribution in [0.3, 0.4) is 0 Å². The van der Waals surface area contributed by atoms with Gasteiger partial charge in [-0.15, -0.1) is 0 Å². The molecular weight excluding hydrogens is 331 g/mol. The van der Waals surface area contributed by atoms with E-state index in [1.807, 2.05) is 0 Å². The van der Waals surface area contributed by atoms with Crippen LogP contribution in [0.5, 0.6) is 0 Å². The van der Waals surface area contributed by atoms with Crippen molar-refractivity contribution in [3.63, 3.8) is 0 Å². The van der Waals surface area contributed by atoms with E-state index in [0.717, 1.165) is 5.56 Å². The fraction of sp³-hybridized carbons (Fsp3) is 0.125. The Morgan fingerprint density at radius 2 is 1.87 bits per heavy atom. The lowest BCUT2D eigenvalue weighted by atomic mass is 10.2. The lowest BCUT2D eigenvalue weighted by Crippen LogP contribution is -2.15. The number of hydrogen-bond donors (Lipinski definition) is 2. The number of rotatable bonds is 3. The highest BCUT2D eigenvalue weighted by Gasteiger charge is 2.06. The van der Waals surface area contributed by atoms with Crippen molar-refractivity contribution in [3.05, 3.63) is 29.8 Å². The Morgan fingerprint density at radius 1 is 1.33 bits per heavy atom. The first-order valence-electron chi connectivity index (χ1n) is 3.94. The average Bonchev–Trinajstić information content (AvgIpc) is 2.14. The van der Waals surface area contributed by atoms with Crippen LogP contribution in [0.4, 0.5) is 4.79 Å². The van der Waals surface area contributed by atoms with E-state index in [1.165, 1.54) is 12.1 Å². The van der Waals surface area contributed by atoms with Crippen LogP contribution < -0.4 is 10.5 Å². The first kappa shape index (κ1) is 12.4. The van der Waals surface area contributed by atoms with Gasteiger partial charge in [0.1, 0.15) is 0 Å². The number of amides is 1. The third-order valence-corrected chi connectivity index (χ3v) is 2.99. The van der Waals surface area contributed by atoms with Crippen LogP contribution in [0.15, 0.2) is 29.2 Å². The van der Waals surface area contributed by atoms with Crippen LogP contribution in [0.2, 0.25) is 0 Å². The molecule has 3 N–H and O–H groups in total. The zero-order valence-corrected chi connectivity index (χ0v) is 10.6. The number of primary sulfonamides is 1. The molecular formula is C8H9IN2O3S. The van der Waals surface area contributed by atoms with Gasteiger partial charge in [0.25, 0.3) is 3.91 Å². The van der Waals surface area contributed by atoms with Crippen LogP contribution in [0.1, 0.15) is 5.56 Å². The van der Waals surface area contributed by atoms with Gasteiger partial charge in [0.15, 0.2) is 0 Å². The van der Waals surface area contributed by atoms with Crippen LogP contribution in [-0.2, 0) is 16.6 Å². The van der Waals surface area contributed by atoms with Gasteiger partial charge in [0.05, 0.1) is 4.90 Å². The van der Waals surface area contributed by atoms with Crippen LogP contribution in [0.25, 0.3) is 0 Å². The van der Waals surface area contributed by atoms with Gasteiger partial charge in [-0.3, -0.25) is 4.79 Å². The summed E-state index contributed by atoms with van der Waals surface area (Å²) in [6, 6.07) is 6.02. The van der Waals surface area contributed by atoms with E-state index in [-0.39, 0.29) is 8.81 Å². The molecule has 1 amide bonds. The molecule has 1 rings (SSSR count). The Morgan fingerprint density at radius 3 is 2.27 bits per heavy atom. The molecule has 0 atom stereocenters. The van der Waals surface area contributed by atoms with Gasteiger partial charge >= 0.3 is 0 Å². The number of carbonyl (C=O) groups is 1. The molecule has 0 aliphatic rings. The summed E-state index contributed by atoms with van der Waals surface area (Å²) in [5, 5.41) is 7.52. The molecule has 0 saturated carbocycles. The predicted octanol–water partition coefficient (Wildman–Crippen LogP) is 0.979.